The molecule has 0 aromatic heterocycles. The van der Waals surface area contributed by atoms with Gasteiger partial charge in [0.15, 0.2) is 6.61 Å². The maximum Gasteiger partial charge on any atom is 0.261 e. The first kappa shape index (κ1) is 21.4. The highest BCUT2D eigenvalue weighted by Crippen LogP contribution is 2.28. The zero-order valence-corrected chi connectivity index (χ0v) is 17.2. The lowest BCUT2D eigenvalue weighted by atomic mass is 9.95. The molecule has 0 bridgehead atoms. The summed E-state index contributed by atoms with van der Waals surface area (Å²) in [6.07, 6.45) is 5.36. The number of nitrogens with one attached hydrogen (secondary N) is 2. The Morgan fingerprint density at radius 1 is 1.10 bits per heavy atom. The van der Waals surface area contributed by atoms with Crippen LogP contribution in [0.2, 0.25) is 5.02 Å². The minimum atomic E-state index is -3.91. The SMILES string of the molecule is O=C(COc1ccc(S(=O)(=O)Nc2ccc(F)cc2)cc1Cl)NC1CCCCC1. The van der Waals surface area contributed by atoms with Gasteiger partial charge in [0.25, 0.3) is 15.9 Å². The number of carbonyl (C=O) groups is 1. The molecule has 1 fully saturated rings. The Bertz CT molecular complexity index is 961. The highest BCUT2D eigenvalue weighted by atomic mass is 35.5. The van der Waals surface area contributed by atoms with Crippen molar-refractivity contribution < 1.29 is 22.3 Å². The van der Waals surface area contributed by atoms with Gasteiger partial charge in [-0.2, -0.15) is 0 Å². The predicted octanol–water partition coefficient (Wildman–Crippen LogP) is 4.11. The van der Waals surface area contributed by atoms with Crippen molar-refractivity contribution >= 4 is 33.2 Å². The Morgan fingerprint density at radius 2 is 1.79 bits per heavy atom. The van der Waals surface area contributed by atoms with Gasteiger partial charge in [-0.15, -0.1) is 0 Å². The van der Waals surface area contributed by atoms with Crippen LogP contribution in [0.3, 0.4) is 0 Å². The van der Waals surface area contributed by atoms with E-state index >= 15 is 0 Å². The van der Waals surface area contributed by atoms with E-state index in [1.54, 1.807) is 0 Å². The van der Waals surface area contributed by atoms with Crippen LogP contribution in [0.1, 0.15) is 32.1 Å². The van der Waals surface area contributed by atoms with Crippen molar-refractivity contribution in [3.63, 3.8) is 0 Å². The fourth-order valence-corrected chi connectivity index (χ4v) is 4.54. The molecule has 2 aromatic rings. The summed E-state index contributed by atoms with van der Waals surface area (Å²) in [5, 5.41) is 3.00. The molecule has 156 valence electrons. The maximum atomic E-state index is 13.0. The van der Waals surface area contributed by atoms with Crippen molar-refractivity contribution in [2.75, 3.05) is 11.3 Å². The number of hydrogen-bond donors (Lipinski definition) is 2. The van der Waals surface area contributed by atoms with Crippen molar-refractivity contribution in [2.24, 2.45) is 0 Å². The monoisotopic (exact) mass is 440 g/mol. The molecule has 1 amide bonds. The predicted molar refractivity (Wildman–Crippen MR) is 109 cm³/mol. The molecule has 0 spiro atoms. The van der Waals surface area contributed by atoms with Gasteiger partial charge in [-0.05, 0) is 55.3 Å². The molecule has 0 unspecified atom stereocenters. The van der Waals surface area contributed by atoms with E-state index in [9.17, 15) is 17.6 Å². The van der Waals surface area contributed by atoms with E-state index in [4.69, 9.17) is 16.3 Å². The van der Waals surface area contributed by atoms with Crippen molar-refractivity contribution in [2.45, 2.75) is 43.0 Å². The smallest absolute Gasteiger partial charge is 0.261 e. The molecule has 1 aliphatic rings. The van der Waals surface area contributed by atoms with E-state index in [-0.39, 0.29) is 39.9 Å². The van der Waals surface area contributed by atoms with Gasteiger partial charge in [-0.1, -0.05) is 30.9 Å². The number of hydrogen-bond acceptors (Lipinski definition) is 4. The molecule has 0 aliphatic heterocycles. The maximum absolute atomic E-state index is 13.0. The molecule has 29 heavy (non-hydrogen) atoms. The first-order valence-electron chi connectivity index (χ1n) is 9.33. The summed E-state index contributed by atoms with van der Waals surface area (Å²) >= 11 is 6.14. The molecular formula is C20H22ClFN2O4S. The summed E-state index contributed by atoms with van der Waals surface area (Å²) in [6.45, 7) is -0.198. The van der Waals surface area contributed by atoms with E-state index < -0.39 is 15.8 Å². The van der Waals surface area contributed by atoms with Crippen LogP contribution in [0, 0.1) is 5.82 Å². The third kappa shape index (κ3) is 6.08. The summed E-state index contributed by atoms with van der Waals surface area (Å²) in [7, 11) is -3.91. The first-order valence-corrected chi connectivity index (χ1v) is 11.2. The van der Waals surface area contributed by atoms with Crippen LogP contribution in [0.4, 0.5) is 10.1 Å². The van der Waals surface area contributed by atoms with E-state index in [0.29, 0.717) is 0 Å². The zero-order chi connectivity index (χ0) is 20.9. The molecule has 9 heteroatoms. The third-order valence-corrected chi connectivity index (χ3v) is 6.31. The fraction of sp³-hybridized carbons (Fsp3) is 0.350. The van der Waals surface area contributed by atoms with Crippen LogP contribution < -0.4 is 14.8 Å². The van der Waals surface area contributed by atoms with E-state index in [1.807, 2.05) is 0 Å². The van der Waals surface area contributed by atoms with E-state index in [2.05, 4.69) is 10.0 Å². The molecule has 2 aromatic carbocycles. The summed E-state index contributed by atoms with van der Waals surface area (Å²) in [5.74, 6) is -0.487. The quantitative estimate of drug-likeness (QED) is 0.678. The summed E-state index contributed by atoms with van der Waals surface area (Å²) in [6, 6.07) is 9.08. The standard InChI is InChI=1S/C20H22ClFN2O4S/c21-18-12-17(29(26,27)24-16-8-6-14(22)7-9-16)10-11-19(18)28-13-20(25)23-15-4-2-1-3-5-15/h6-12,15,24H,1-5,13H2,(H,23,25). The first-order chi connectivity index (χ1) is 13.8. The Kier molecular flexibility index (Phi) is 6.97. The van der Waals surface area contributed by atoms with Gasteiger partial charge in [0.1, 0.15) is 11.6 Å². The van der Waals surface area contributed by atoms with Gasteiger partial charge in [0.05, 0.1) is 9.92 Å². The number of sulfonamides is 1. The van der Waals surface area contributed by atoms with Gasteiger partial charge >= 0.3 is 0 Å². The molecular weight excluding hydrogens is 419 g/mol. The number of benzene rings is 2. The van der Waals surface area contributed by atoms with Crippen LogP contribution in [0.15, 0.2) is 47.4 Å². The molecule has 0 heterocycles. The second-order valence-electron chi connectivity index (χ2n) is 6.90. The largest absolute Gasteiger partial charge is 0.482 e. The minimum absolute atomic E-state index is 0.0671. The average Bonchev–Trinajstić information content (AvgIpc) is 2.69. The molecule has 1 aliphatic carbocycles. The fourth-order valence-electron chi connectivity index (χ4n) is 3.16. The lowest BCUT2D eigenvalue weighted by molar-refractivity contribution is -0.124. The van der Waals surface area contributed by atoms with Crippen LogP contribution in [0.5, 0.6) is 5.75 Å². The lowest BCUT2D eigenvalue weighted by Crippen LogP contribution is -2.39. The minimum Gasteiger partial charge on any atom is -0.482 e. The van der Waals surface area contributed by atoms with Gasteiger partial charge in [-0.3, -0.25) is 9.52 Å². The van der Waals surface area contributed by atoms with Crippen LogP contribution >= 0.6 is 11.6 Å². The topological polar surface area (TPSA) is 84.5 Å². The number of ether oxygens (including phenoxy) is 1. The summed E-state index contributed by atoms with van der Waals surface area (Å²) < 4.78 is 45.7. The number of rotatable bonds is 7. The van der Waals surface area contributed by atoms with E-state index in [0.717, 1.165) is 37.8 Å². The summed E-state index contributed by atoms with van der Waals surface area (Å²) in [5.41, 5.74) is 0.224. The lowest BCUT2D eigenvalue weighted by Gasteiger charge is -2.22. The molecule has 0 radical (unpaired) electrons. The van der Waals surface area contributed by atoms with Crippen molar-refractivity contribution in [3.05, 3.63) is 53.3 Å². The zero-order valence-electron chi connectivity index (χ0n) is 15.7. The molecule has 0 atom stereocenters. The van der Waals surface area contributed by atoms with Gasteiger partial charge in [0.2, 0.25) is 0 Å². The molecule has 1 saturated carbocycles. The van der Waals surface area contributed by atoms with Gasteiger partial charge in [-0.25, -0.2) is 12.8 Å². The normalized spacial score (nSPS) is 15.0. The molecule has 6 nitrogen and oxygen atoms in total. The second-order valence-corrected chi connectivity index (χ2v) is 8.99. The van der Waals surface area contributed by atoms with Crippen molar-refractivity contribution in [1.82, 2.24) is 5.32 Å². The Labute approximate surface area is 174 Å². The number of amides is 1. The van der Waals surface area contributed by atoms with E-state index in [1.165, 1.54) is 36.8 Å². The van der Waals surface area contributed by atoms with Crippen LogP contribution in [-0.2, 0) is 14.8 Å². The van der Waals surface area contributed by atoms with Gasteiger partial charge < -0.3 is 10.1 Å². The Morgan fingerprint density at radius 3 is 2.45 bits per heavy atom. The molecule has 3 rings (SSSR count). The number of halogens is 2. The number of anilines is 1. The Balaban J connectivity index is 1.60. The molecule has 0 saturated heterocycles. The van der Waals surface area contributed by atoms with Crippen molar-refractivity contribution in [3.8, 4) is 5.75 Å². The third-order valence-electron chi connectivity index (χ3n) is 4.64. The number of carbonyl (C=O) groups excluding carboxylic acids is 1. The highest BCUT2D eigenvalue weighted by molar-refractivity contribution is 7.92. The van der Waals surface area contributed by atoms with Crippen LogP contribution in [0.25, 0.3) is 0 Å². The van der Waals surface area contributed by atoms with Crippen molar-refractivity contribution in [1.29, 1.82) is 0 Å². The summed E-state index contributed by atoms with van der Waals surface area (Å²) in [4.78, 5) is 12.0. The Hall–Kier alpha value is -2.32. The molecule has 2 N–H and O–H groups in total. The van der Waals surface area contributed by atoms with Crippen LogP contribution in [-0.4, -0.2) is 27.0 Å². The average molecular weight is 441 g/mol. The van der Waals surface area contributed by atoms with Gasteiger partial charge in [0, 0.05) is 11.7 Å². The second kappa shape index (κ2) is 9.45. The highest BCUT2D eigenvalue weighted by Gasteiger charge is 2.18.